The van der Waals surface area contributed by atoms with E-state index in [1.807, 2.05) is 48.5 Å². The number of hydrogen-bond acceptors (Lipinski definition) is 7. The van der Waals surface area contributed by atoms with Crippen LogP contribution in [0.4, 0.5) is 0 Å². The number of rotatable bonds is 27. The molecular weight excluding hydrogens is 1310 g/mol. The molecular formula is C96H151N3O7. The van der Waals surface area contributed by atoms with Crippen molar-refractivity contribution < 1.29 is 33.4 Å². The van der Waals surface area contributed by atoms with Crippen LogP contribution in [0.15, 0.2) is 60.7 Å². The SMILES string of the molecule is C#CC#CC#CC#CC#CC#CC#CC#CC.CC(C)(C)CCNC(=O)CC(C)(C)C.CC(C)(C)CCNC(=O)[C@@H](CC(=O)CC(C)(C)C)Cc1ccccc1.CC(C)(C)CCNC(=O)[C@H](Cc1ccccc1)C(C)(C)C.CC(C)(C)CCOCCC(C)(C)C.CC(C)(C)CCOCCOCCC(C)(C)C. The number of carbonyl (C=O) groups excluding carboxylic acids is 4. The topological polar surface area (TPSA) is 132 Å². The van der Waals surface area contributed by atoms with Crippen molar-refractivity contribution in [2.75, 3.05) is 59.3 Å². The molecule has 10 nitrogen and oxygen atoms in total. The molecule has 2 aromatic rings. The van der Waals surface area contributed by atoms with Crippen LogP contribution < -0.4 is 16.0 Å². The molecule has 3 amide bonds. The zero-order chi connectivity index (χ0) is 82.4. The third kappa shape index (κ3) is 84.1. The maximum absolute atomic E-state index is 12.7. The van der Waals surface area contributed by atoms with Gasteiger partial charge in [-0.05, 0) is 213 Å². The van der Waals surface area contributed by atoms with Gasteiger partial charge in [-0.3, -0.25) is 19.2 Å². The minimum atomic E-state index is -0.294. The van der Waals surface area contributed by atoms with E-state index in [1.54, 1.807) is 6.92 Å². The van der Waals surface area contributed by atoms with Crippen molar-refractivity contribution in [1.29, 1.82) is 0 Å². The number of benzene rings is 2. The van der Waals surface area contributed by atoms with Crippen molar-refractivity contribution in [3.63, 3.8) is 0 Å². The van der Waals surface area contributed by atoms with Crippen molar-refractivity contribution in [3.05, 3.63) is 71.8 Å². The second-order valence-electron chi connectivity index (χ2n) is 39.2. The van der Waals surface area contributed by atoms with E-state index >= 15 is 0 Å². The highest BCUT2D eigenvalue weighted by Crippen LogP contribution is 2.31. The Morgan fingerprint density at radius 2 is 0.642 bits per heavy atom. The number of amides is 3. The van der Waals surface area contributed by atoms with Gasteiger partial charge in [0, 0.05) is 77.2 Å². The van der Waals surface area contributed by atoms with Gasteiger partial charge in [0.2, 0.25) is 17.7 Å². The fraction of sp³-hybridized carbons (Fsp3) is 0.667. The van der Waals surface area contributed by atoms with Gasteiger partial charge in [0.25, 0.3) is 0 Å². The second-order valence-corrected chi connectivity index (χ2v) is 39.2. The summed E-state index contributed by atoms with van der Waals surface area (Å²) in [5.41, 5.74) is 4.61. The maximum Gasteiger partial charge on any atom is 0.223 e. The molecule has 106 heavy (non-hydrogen) atoms. The average molecular weight is 1460 g/mol. The zero-order valence-corrected chi connectivity index (χ0v) is 73.2. The van der Waals surface area contributed by atoms with Crippen LogP contribution in [0.3, 0.4) is 0 Å². The smallest absolute Gasteiger partial charge is 0.223 e. The Hall–Kier alpha value is -7.12. The summed E-state index contributed by atoms with van der Waals surface area (Å²) in [6.07, 6.45) is 15.2. The van der Waals surface area contributed by atoms with Gasteiger partial charge >= 0.3 is 0 Å². The Kier molecular flexibility index (Phi) is 54.9. The van der Waals surface area contributed by atoms with Crippen LogP contribution in [0.2, 0.25) is 0 Å². The molecule has 3 N–H and O–H groups in total. The highest BCUT2D eigenvalue weighted by Gasteiger charge is 2.32. The number of nitrogens with one attached hydrogen (secondary N) is 3. The molecule has 0 aromatic heterocycles. The summed E-state index contributed by atoms with van der Waals surface area (Å²) in [5, 5.41) is 9.12. The molecule has 0 aliphatic rings. The van der Waals surface area contributed by atoms with Gasteiger partial charge in [-0.25, -0.2) is 0 Å². The summed E-state index contributed by atoms with van der Waals surface area (Å²) in [6, 6.07) is 20.2. The molecule has 0 aliphatic heterocycles. The predicted molar refractivity (Wildman–Crippen MR) is 453 cm³/mol. The third-order valence-electron chi connectivity index (χ3n) is 15.1. The maximum atomic E-state index is 12.7. The minimum absolute atomic E-state index is 0.000122. The first-order chi connectivity index (χ1) is 48.5. The number of ether oxygens (including phenoxy) is 3. The lowest BCUT2D eigenvalue weighted by atomic mass is 9.76. The first-order valence-electron chi connectivity index (χ1n) is 38.5. The van der Waals surface area contributed by atoms with Crippen LogP contribution >= 0.6 is 0 Å². The van der Waals surface area contributed by atoms with Crippen LogP contribution in [-0.2, 0) is 46.2 Å². The van der Waals surface area contributed by atoms with E-state index in [2.05, 4.69) is 325 Å². The molecule has 0 saturated carbocycles. The number of ketones is 1. The second kappa shape index (κ2) is 55.3. The standard InChI is InChI=1S/C22H35NO2.C19H31NO.C17H4.C14H30O2.C12H25NO.C12H26O/c1-21(2,3)12-13-23-20(25)18(14-17-10-8-7-9-11-17)15-19(24)16-22(4,5)6;1-18(2,3)12-13-20-17(21)16(19(4,5)6)14-15-10-8-7-9-11-15;1-3-5-7-9-11-13-15-17-16-14-12-10-8-6-4-2;1-13(2,3)7-9-15-11-12-16-10-8-14(4,5)6;1-11(2,3)7-8-13-10(14)9-12(4,5)6;1-11(2,3)7-9-13-10-8-12(4,5)6/h7-11,18H,12-16H2,1-6H3,(H,23,25);7-11,16H,12-14H2,1-6H3,(H,20,21);1H,2H3;7-12H2,1-6H3;7-9H2,1-6H3,(H,13,14);7-10H2,1-6H3/t18-;16-;;;;/m10..../s1. The monoisotopic (exact) mass is 1460 g/mol. The summed E-state index contributed by atoms with van der Waals surface area (Å²) >= 11 is 0. The summed E-state index contributed by atoms with van der Waals surface area (Å²) in [6.45, 7) is 74.2. The number of carbonyl (C=O) groups is 4. The number of terminal acetylenes is 1. The van der Waals surface area contributed by atoms with Crippen molar-refractivity contribution >= 4 is 23.5 Å². The van der Waals surface area contributed by atoms with Crippen molar-refractivity contribution in [2.24, 2.45) is 66.0 Å². The molecule has 0 unspecified atom stereocenters. The van der Waals surface area contributed by atoms with E-state index < -0.39 is 0 Å². The molecule has 592 valence electrons. The lowest BCUT2D eigenvalue weighted by Crippen LogP contribution is -2.40. The number of hydrogen-bond donors (Lipinski definition) is 3. The molecule has 0 saturated heterocycles. The highest BCUT2D eigenvalue weighted by molar-refractivity contribution is 5.87. The largest absolute Gasteiger partial charge is 0.381 e. The van der Waals surface area contributed by atoms with E-state index in [4.69, 9.17) is 20.6 Å². The Labute approximate surface area is 653 Å². The average Bonchev–Trinajstić information content (AvgIpc) is 0.854. The van der Waals surface area contributed by atoms with E-state index in [0.29, 0.717) is 59.3 Å². The van der Waals surface area contributed by atoms with Gasteiger partial charge < -0.3 is 30.2 Å². The first-order valence-corrected chi connectivity index (χ1v) is 38.5. The van der Waals surface area contributed by atoms with Crippen molar-refractivity contribution in [1.82, 2.24) is 16.0 Å². The van der Waals surface area contributed by atoms with Crippen LogP contribution in [0.1, 0.15) is 290 Å². The quantitative estimate of drug-likeness (QED) is 0.0599. The van der Waals surface area contributed by atoms with Gasteiger partial charge in [-0.2, -0.15) is 0 Å². The molecule has 2 atom stereocenters. The summed E-state index contributed by atoms with van der Waals surface area (Å²) in [7, 11) is 0. The lowest BCUT2D eigenvalue weighted by Gasteiger charge is -2.30. The molecule has 0 heterocycles. The van der Waals surface area contributed by atoms with Crippen molar-refractivity contribution in [3.8, 4) is 95.2 Å². The van der Waals surface area contributed by atoms with Crippen LogP contribution in [-0.4, -0.2) is 82.8 Å². The predicted octanol–water partition coefficient (Wildman–Crippen LogP) is 20.6. The molecule has 0 radical (unpaired) electrons. The van der Waals surface area contributed by atoms with Gasteiger partial charge in [0.1, 0.15) is 5.78 Å². The van der Waals surface area contributed by atoms with E-state index in [9.17, 15) is 19.2 Å². The third-order valence-corrected chi connectivity index (χ3v) is 15.1. The molecule has 0 spiro atoms. The lowest BCUT2D eigenvalue weighted by molar-refractivity contribution is -0.130. The Morgan fingerprint density at radius 3 is 0.943 bits per heavy atom. The molecule has 0 aliphatic carbocycles. The van der Waals surface area contributed by atoms with Crippen molar-refractivity contribution in [2.45, 2.75) is 292 Å². The minimum Gasteiger partial charge on any atom is -0.381 e. The Bertz CT molecular complexity index is 3230. The molecule has 2 aromatic carbocycles. The fourth-order valence-electron chi connectivity index (χ4n) is 8.63. The Morgan fingerprint density at radius 1 is 0.349 bits per heavy atom. The molecule has 10 heteroatoms. The normalized spacial score (nSPS) is 11.8. The van der Waals surface area contributed by atoms with Gasteiger partial charge in [-0.15, -0.1) is 6.42 Å². The van der Waals surface area contributed by atoms with Gasteiger partial charge in [0.05, 0.1) is 13.2 Å². The van der Waals surface area contributed by atoms with Crippen LogP contribution in [0, 0.1) is 161 Å². The van der Waals surface area contributed by atoms with E-state index in [0.717, 1.165) is 110 Å². The number of Topliss-reactive ketones (excluding diaryl/α,β-unsaturated/α-hetero) is 1. The zero-order valence-electron chi connectivity index (χ0n) is 73.2. The molecule has 2 rings (SSSR count). The molecule has 0 fully saturated rings. The van der Waals surface area contributed by atoms with E-state index in [-0.39, 0.29) is 62.4 Å². The highest BCUT2D eigenvalue weighted by atomic mass is 16.5. The fourth-order valence-corrected chi connectivity index (χ4v) is 8.63. The van der Waals surface area contributed by atoms with Crippen LogP contribution in [0.25, 0.3) is 0 Å². The molecule has 0 bridgehead atoms. The van der Waals surface area contributed by atoms with E-state index in [1.165, 1.54) is 5.56 Å². The van der Waals surface area contributed by atoms with Gasteiger partial charge in [0.15, 0.2) is 0 Å². The summed E-state index contributed by atoms with van der Waals surface area (Å²) in [4.78, 5) is 49.1. The first kappa shape index (κ1) is 105. The summed E-state index contributed by atoms with van der Waals surface area (Å²) < 4.78 is 16.6. The van der Waals surface area contributed by atoms with Gasteiger partial charge in [-0.1, -0.05) is 274 Å². The Balaban J connectivity index is -0.000000598. The van der Waals surface area contributed by atoms with Crippen LogP contribution in [0.5, 0.6) is 0 Å². The summed E-state index contributed by atoms with van der Waals surface area (Å²) in [5.74, 6) is 37.1.